The molecule has 16 heavy (non-hydrogen) atoms. The summed E-state index contributed by atoms with van der Waals surface area (Å²) in [7, 11) is 0. The van der Waals surface area contributed by atoms with Gasteiger partial charge in [-0.3, -0.25) is 0 Å². The zero-order valence-electron chi connectivity index (χ0n) is 11.5. The molecule has 0 radical (unpaired) electrons. The Labute approximate surface area is 106 Å². The first kappa shape index (κ1) is 14.4. The largest absolute Gasteiger partial charge is 0.312 e. The van der Waals surface area contributed by atoms with Crippen LogP contribution in [0, 0.1) is 11.8 Å². The maximum absolute atomic E-state index is 3.68. The molecule has 0 aliphatic heterocycles. The van der Waals surface area contributed by atoms with Gasteiger partial charge in [-0.1, -0.05) is 19.8 Å². The minimum absolute atomic E-state index is 0.283. The van der Waals surface area contributed by atoms with Crippen LogP contribution in [0.4, 0.5) is 0 Å². The van der Waals surface area contributed by atoms with E-state index in [0.29, 0.717) is 0 Å². The fourth-order valence-electron chi connectivity index (χ4n) is 2.58. The molecular weight excluding hydrogens is 214 g/mol. The number of hydrogen-bond acceptors (Lipinski definition) is 2. The van der Waals surface area contributed by atoms with E-state index in [1.54, 1.807) is 0 Å². The quantitative estimate of drug-likeness (QED) is 0.709. The predicted octanol–water partition coefficient (Wildman–Crippen LogP) is 3.93. The molecule has 0 aromatic heterocycles. The third-order valence-electron chi connectivity index (χ3n) is 3.55. The number of hydrogen-bond donors (Lipinski definition) is 1. The van der Waals surface area contributed by atoms with Gasteiger partial charge in [0.05, 0.1) is 0 Å². The second kappa shape index (κ2) is 6.90. The predicted molar refractivity (Wildman–Crippen MR) is 76.2 cm³/mol. The Morgan fingerprint density at radius 1 is 1.19 bits per heavy atom. The van der Waals surface area contributed by atoms with Crippen molar-refractivity contribution in [1.82, 2.24) is 5.32 Å². The first-order valence-electron chi connectivity index (χ1n) is 6.85. The van der Waals surface area contributed by atoms with E-state index in [9.17, 15) is 0 Å². The van der Waals surface area contributed by atoms with Crippen LogP contribution < -0.4 is 5.32 Å². The zero-order chi connectivity index (χ0) is 12.0. The topological polar surface area (TPSA) is 12.0 Å². The van der Waals surface area contributed by atoms with E-state index in [2.05, 4.69) is 44.8 Å². The molecular formula is C14H29NS. The van der Waals surface area contributed by atoms with Crippen LogP contribution in [0.15, 0.2) is 0 Å². The lowest BCUT2D eigenvalue weighted by Crippen LogP contribution is -2.39. The van der Waals surface area contributed by atoms with Gasteiger partial charge in [0.25, 0.3) is 0 Å². The number of rotatable bonds is 6. The summed E-state index contributed by atoms with van der Waals surface area (Å²) in [6, 6.07) is 0. The van der Waals surface area contributed by atoms with Crippen molar-refractivity contribution in [2.45, 2.75) is 58.9 Å². The average molecular weight is 243 g/mol. The van der Waals surface area contributed by atoms with Crippen molar-refractivity contribution in [3.63, 3.8) is 0 Å². The van der Waals surface area contributed by atoms with Gasteiger partial charge >= 0.3 is 0 Å². The van der Waals surface area contributed by atoms with E-state index in [1.807, 2.05) is 0 Å². The summed E-state index contributed by atoms with van der Waals surface area (Å²) in [5, 5.41) is 3.68. The summed E-state index contributed by atoms with van der Waals surface area (Å²) in [5.41, 5.74) is 0.283. The highest BCUT2D eigenvalue weighted by atomic mass is 32.2. The first-order valence-corrected chi connectivity index (χ1v) is 8.01. The van der Waals surface area contributed by atoms with Crippen molar-refractivity contribution in [1.29, 1.82) is 0 Å². The van der Waals surface area contributed by atoms with Crippen LogP contribution in [0.3, 0.4) is 0 Å². The molecule has 0 spiro atoms. The van der Waals surface area contributed by atoms with Crippen molar-refractivity contribution in [3.8, 4) is 0 Å². The number of nitrogens with one attached hydrogen (secondary N) is 1. The summed E-state index contributed by atoms with van der Waals surface area (Å²) < 4.78 is 0. The van der Waals surface area contributed by atoms with Crippen LogP contribution in [-0.4, -0.2) is 23.6 Å². The summed E-state index contributed by atoms with van der Waals surface area (Å²) in [6.45, 7) is 10.3. The van der Waals surface area contributed by atoms with Gasteiger partial charge in [-0.2, -0.15) is 11.8 Å². The van der Waals surface area contributed by atoms with Crippen molar-refractivity contribution in [3.05, 3.63) is 0 Å². The summed E-state index contributed by atoms with van der Waals surface area (Å²) >= 11 is 2.10. The van der Waals surface area contributed by atoms with E-state index in [4.69, 9.17) is 0 Å². The fraction of sp³-hybridized carbons (Fsp3) is 1.00. The maximum Gasteiger partial charge on any atom is 0.00966 e. The Morgan fingerprint density at radius 3 is 2.50 bits per heavy atom. The van der Waals surface area contributed by atoms with Gasteiger partial charge in [0.1, 0.15) is 0 Å². The molecule has 0 heterocycles. The van der Waals surface area contributed by atoms with Crippen molar-refractivity contribution in [2.24, 2.45) is 11.8 Å². The molecule has 96 valence electrons. The molecule has 1 aliphatic carbocycles. The summed E-state index contributed by atoms with van der Waals surface area (Å²) in [5.74, 6) is 4.58. The monoisotopic (exact) mass is 243 g/mol. The van der Waals surface area contributed by atoms with Gasteiger partial charge in [0.2, 0.25) is 0 Å². The average Bonchev–Trinajstić information content (AvgIpc) is 2.62. The molecule has 1 saturated carbocycles. The lowest BCUT2D eigenvalue weighted by molar-refractivity contribution is 0.314. The van der Waals surface area contributed by atoms with E-state index in [-0.39, 0.29) is 5.54 Å². The molecule has 1 nitrogen and oxygen atoms in total. The van der Waals surface area contributed by atoms with E-state index in [0.717, 1.165) is 11.8 Å². The van der Waals surface area contributed by atoms with Crippen molar-refractivity contribution in [2.75, 3.05) is 18.1 Å². The van der Waals surface area contributed by atoms with Crippen molar-refractivity contribution < 1.29 is 0 Å². The van der Waals surface area contributed by atoms with Crippen LogP contribution in [0.5, 0.6) is 0 Å². The van der Waals surface area contributed by atoms with Gasteiger partial charge in [-0.05, 0) is 63.5 Å². The molecule has 2 heteroatoms. The fourth-order valence-corrected chi connectivity index (χ4v) is 3.34. The minimum atomic E-state index is 0.283. The first-order chi connectivity index (χ1) is 7.53. The van der Waals surface area contributed by atoms with Gasteiger partial charge in [-0.25, -0.2) is 0 Å². The molecule has 2 atom stereocenters. The van der Waals surface area contributed by atoms with Crippen LogP contribution in [0.2, 0.25) is 0 Å². The van der Waals surface area contributed by atoms with Gasteiger partial charge in [0, 0.05) is 5.54 Å². The van der Waals surface area contributed by atoms with E-state index >= 15 is 0 Å². The minimum Gasteiger partial charge on any atom is -0.312 e. The Kier molecular flexibility index (Phi) is 6.20. The summed E-state index contributed by atoms with van der Waals surface area (Å²) in [4.78, 5) is 0. The molecule has 0 bridgehead atoms. The molecule has 1 fully saturated rings. The number of thioether (sulfide) groups is 1. The highest BCUT2D eigenvalue weighted by molar-refractivity contribution is 7.99. The smallest absolute Gasteiger partial charge is 0.00966 e. The molecule has 1 N–H and O–H groups in total. The Morgan fingerprint density at radius 2 is 1.88 bits per heavy atom. The Balaban J connectivity index is 2.23. The second-order valence-corrected chi connectivity index (χ2v) is 7.46. The third-order valence-corrected chi connectivity index (χ3v) is 4.48. The molecule has 0 saturated heterocycles. The van der Waals surface area contributed by atoms with Gasteiger partial charge < -0.3 is 5.32 Å². The van der Waals surface area contributed by atoms with Gasteiger partial charge in [0.15, 0.2) is 0 Å². The molecule has 0 amide bonds. The molecule has 1 rings (SSSR count). The standard InChI is InChI=1S/C14H29NS/c1-5-16-10-9-12-7-6-8-13(12)11-15-14(2,3)4/h12-13,15H,5-11H2,1-4H3. The Bertz CT molecular complexity index is 186. The molecule has 0 aromatic carbocycles. The normalized spacial score (nSPS) is 26.2. The molecule has 0 aromatic rings. The summed E-state index contributed by atoms with van der Waals surface area (Å²) in [6.07, 6.45) is 5.82. The molecule has 1 aliphatic rings. The lowest BCUT2D eigenvalue weighted by atomic mass is 9.92. The Hall–Kier alpha value is 0.310. The van der Waals surface area contributed by atoms with E-state index < -0.39 is 0 Å². The third kappa shape index (κ3) is 5.58. The van der Waals surface area contributed by atoms with Gasteiger partial charge in [-0.15, -0.1) is 0 Å². The van der Waals surface area contributed by atoms with Crippen LogP contribution in [0.25, 0.3) is 0 Å². The highest BCUT2D eigenvalue weighted by Gasteiger charge is 2.27. The lowest BCUT2D eigenvalue weighted by Gasteiger charge is -2.26. The molecule has 2 unspecified atom stereocenters. The van der Waals surface area contributed by atoms with Crippen LogP contribution >= 0.6 is 11.8 Å². The second-order valence-electron chi connectivity index (χ2n) is 6.07. The SMILES string of the molecule is CCSCCC1CCCC1CNC(C)(C)C. The zero-order valence-corrected chi connectivity index (χ0v) is 12.3. The maximum atomic E-state index is 3.68. The van der Waals surface area contributed by atoms with Crippen LogP contribution in [0.1, 0.15) is 53.4 Å². The van der Waals surface area contributed by atoms with Crippen LogP contribution in [-0.2, 0) is 0 Å². The van der Waals surface area contributed by atoms with Crippen molar-refractivity contribution >= 4 is 11.8 Å². The van der Waals surface area contributed by atoms with E-state index in [1.165, 1.54) is 43.7 Å². The highest BCUT2D eigenvalue weighted by Crippen LogP contribution is 2.34.